The molecule has 0 aliphatic carbocycles. The zero-order valence-electron chi connectivity index (χ0n) is 14.3. The molecular formula is C13H17N4NaO7S2. The fourth-order valence-corrected chi connectivity index (χ4v) is 4.57. The van der Waals surface area contributed by atoms with Crippen LogP contribution < -0.4 is 15.1 Å². The number of rotatable bonds is 5. The van der Waals surface area contributed by atoms with Gasteiger partial charge in [-0.15, -0.1) is 21.1 Å². The number of thiophene rings is 1. The Morgan fingerprint density at radius 3 is 2.52 bits per heavy atom. The van der Waals surface area contributed by atoms with E-state index in [1.165, 1.54) is 26.5 Å². The molecule has 2 rings (SSSR count). The van der Waals surface area contributed by atoms with Crippen molar-refractivity contribution in [3.8, 4) is 6.01 Å². The summed E-state index contributed by atoms with van der Waals surface area (Å²) < 4.78 is 37.7. The van der Waals surface area contributed by atoms with E-state index in [1.54, 1.807) is 11.6 Å². The predicted octanol–water partition coefficient (Wildman–Crippen LogP) is -0.565. The Bertz CT molecular complexity index is 1020. The molecule has 0 aliphatic heterocycles. The van der Waals surface area contributed by atoms with Crippen molar-refractivity contribution >= 4 is 62.9 Å². The molecule has 1 amide bonds. The number of hydrogen-bond donors (Lipinski definition) is 1. The molecule has 2 aromatic heterocycles. The molecule has 2 heterocycles. The predicted molar refractivity (Wildman–Crippen MR) is 97.3 cm³/mol. The van der Waals surface area contributed by atoms with Gasteiger partial charge in [0.05, 0.1) is 19.3 Å². The maximum absolute atomic E-state index is 12.6. The van der Waals surface area contributed by atoms with Crippen LogP contribution in [0.4, 0.5) is 4.79 Å². The van der Waals surface area contributed by atoms with E-state index in [1.807, 2.05) is 0 Å². The van der Waals surface area contributed by atoms with Gasteiger partial charge in [0.1, 0.15) is 4.90 Å². The summed E-state index contributed by atoms with van der Waals surface area (Å²) in [4.78, 5) is 36.0. The molecule has 0 aliphatic rings. The van der Waals surface area contributed by atoms with Gasteiger partial charge in [-0.1, -0.05) is 0 Å². The first-order chi connectivity index (χ1) is 12.1. The van der Waals surface area contributed by atoms with Crippen LogP contribution in [0.2, 0.25) is 0 Å². The summed E-state index contributed by atoms with van der Waals surface area (Å²) in [5, 5.41) is 4.90. The number of sulfonamides is 1. The second kappa shape index (κ2) is 9.01. The first kappa shape index (κ1) is 23.4. The average molecular weight is 428 g/mol. The van der Waals surface area contributed by atoms with Crippen LogP contribution >= 0.6 is 11.3 Å². The topological polar surface area (TPSA) is 139 Å². The summed E-state index contributed by atoms with van der Waals surface area (Å²) in [5.74, 6) is -0.832. The molecule has 0 spiro atoms. The van der Waals surface area contributed by atoms with Crippen molar-refractivity contribution in [2.45, 2.75) is 18.7 Å². The Morgan fingerprint density at radius 1 is 1.37 bits per heavy atom. The second-order valence-electron chi connectivity index (χ2n) is 4.91. The molecule has 0 radical (unpaired) electrons. The van der Waals surface area contributed by atoms with E-state index >= 15 is 0 Å². The average Bonchev–Trinajstić information content (AvgIpc) is 3.09. The van der Waals surface area contributed by atoms with E-state index < -0.39 is 27.7 Å². The Morgan fingerprint density at radius 2 is 2.00 bits per heavy atom. The van der Waals surface area contributed by atoms with E-state index in [2.05, 4.69) is 5.10 Å². The van der Waals surface area contributed by atoms with Gasteiger partial charge in [-0.2, -0.15) is 0 Å². The van der Waals surface area contributed by atoms with Crippen LogP contribution in [0.25, 0.3) is 0 Å². The third-order valence-electron chi connectivity index (χ3n) is 3.22. The Balaban J connectivity index is 0.00000364. The van der Waals surface area contributed by atoms with Crippen molar-refractivity contribution in [2.24, 2.45) is 7.05 Å². The van der Waals surface area contributed by atoms with E-state index in [9.17, 15) is 22.8 Å². The van der Waals surface area contributed by atoms with Crippen molar-refractivity contribution in [3.63, 3.8) is 0 Å². The van der Waals surface area contributed by atoms with Crippen LogP contribution in [-0.2, 0) is 21.8 Å². The quantitative estimate of drug-likeness (QED) is 0.494. The SMILES string of the molecule is CCOC(=O)c1csc(C)c1S(=O)(=O)NC(=O)n1nc(OC)n(C)c1=O.[NaH]. The number of amides is 1. The van der Waals surface area contributed by atoms with Crippen molar-refractivity contribution in [2.75, 3.05) is 13.7 Å². The van der Waals surface area contributed by atoms with Crippen molar-refractivity contribution in [1.82, 2.24) is 19.1 Å². The number of aryl methyl sites for hydroxylation is 1. The Hall–Kier alpha value is -1.67. The van der Waals surface area contributed by atoms with E-state index in [4.69, 9.17) is 9.47 Å². The standard InChI is InChI=1S/C13H16N4O7S2.Na.H/c1-5-24-10(18)8-6-25-7(2)9(8)26(21,22)15-11(19)17-13(20)16(3)12(14-17)23-4;;/h6H,5H2,1-4H3,(H,15,19);;. The number of nitrogens with one attached hydrogen (secondary N) is 1. The molecule has 144 valence electrons. The van der Waals surface area contributed by atoms with Gasteiger partial charge >= 0.3 is 53.3 Å². The van der Waals surface area contributed by atoms with Crippen LogP contribution in [0.15, 0.2) is 15.1 Å². The monoisotopic (exact) mass is 428 g/mol. The summed E-state index contributed by atoms with van der Waals surface area (Å²) in [6.45, 7) is 3.11. The number of esters is 1. The number of carbonyl (C=O) groups is 2. The van der Waals surface area contributed by atoms with Gasteiger partial charge in [-0.25, -0.2) is 32.1 Å². The normalized spacial score (nSPS) is 10.8. The molecule has 14 heteroatoms. The summed E-state index contributed by atoms with van der Waals surface area (Å²) in [7, 11) is -1.92. The summed E-state index contributed by atoms with van der Waals surface area (Å²) >= 11 is 1.01. The molecule has 0 fully saturated rings. The second-order valence-corrected chi connectivity index (χ2v) is 7.61. The van der Waals surface area contributed by atoms with Crippen LogP contribution in [0, 0.1) is 6.92 Å². The van der Waals surface area contributed by atoms with Gasteiger partial charge in [0.25, 0.3) is 10.0 Å². The molecule has 0 aromatic carbocycles. The zero-order valence-corrected chi connectivity index (χ0v) is 15.9. The van der Waals surface area contributed by atoms with E-state index in [0.29, 0.717) is 4.68 Å². The van der Waals surface area contributed by atoms with Gasteiger partial charge in [0.2, 0.25) is 0 Å². The molecule has 0 unspecified atom stereocenters. The molecule has 11 nitrogen and oxygen atoms in total. The molecule has 0 atom stereocenters. The molecule has 1 N–H and O–H groups in total. The fourth-order valence-electron chi connectivity index (χ4n) is 2.07. The van der Waals surface area contributed by atoms with Crippen LogP contribution in [0.5, 0.6) is 6.01 Å². The van der Waals surface area contributed by atoms with Crippen LogP contribution in [-0.4, -0.2) is 78.0 Å². The summed E-state index contributed by atoms with van der Waals surface area (Å²) in [6.07, 6.45) is 0. The zero-order chi connectivity index (χ0) is 19.6. The maximum atomic E-state index is 12.6. The van der Waals surface area contributed by atoms with Crippen molar-refractivity contribution < 1.29 is 27.5 Å². The first-order valence-electron chi connectivity index (χ1n) is 7.16. The van der Waals surface area contributed by atoms with Gasteiger partial charge in [-0.3, -0.25) is 0 Å². The molecule has 27 heavy (non-hydrogen) atoms. The van der Waals surface area contributed by atoms with Gasteiger partial charge < -0.3 is 9.47 Å². The summed E-state index contributed by atoms with van der Waals surface area (Å²) in [6, 6.07) is -1.49. The number of carbonyl (C=O) groups excluding carboxylic acids is 2. The minimum absolute atomic E-state index is 0. The number of nitrogens with zero attached hydrogens (tertiary/aromatic N) is 3. The minimum atomic E-state index is -4.46. The third kappa shape index (κ3) is 4.60. The molecule has 0 bridgehead atoms. The molecular weight excluding hydrogens is 411 g/mol. The van der Waals surface area contributed by atoms with E-state index in [-0.39, 0.29) is 57.5 Å². The fraction of sp³-hybridized carbons (Fsp3) is 0.385. The van der Waals surface area contributed by atoms with Crippen molar-refractivity contribution in [1.29, 1.82) is 0 Å². The van der Waals surface area contributed by atoms with Gasteiger partial charge in [-0.05, 0) is 13.8 Å². The molecule has 0 saturated carbocycles. The number of aromatic nitrogens is 3. The van der Waals surface area contributed by atoms with Gasteiger partial charge in [0, 0.05) is 17.3 Å². The number of ether oxygens (including phenoxy) is 2. The van der Waals surface area contributed by atoms with E-state index in [0.717, 1.165) is 15.9 Å². The molecule has 2 aromatic rings. The number of hydrogen-bond acceptors (Lipinski definition) is 9. The Kier molecular flexibility index (Phi) is 7.80. The molecule has 0 saturated heterocycles. The van der Waals surface area contributed by atoms with Gasteiger partial charge in [0.15, 0.2) is 0 Å². The summed E-state index contributed by atoms with van der Waals surface area (Å²) in [5.41, 5.74) is -1.09. The van der Waals surface area contributed by atoms with Crippen LogP contribution in [0.1, 0.15) is 22.2 Å². The first-order valence-corrected chi connectivity index (χ1v) is 9.52. The van der Waals surface area contributed by atoms with Crippen LogP contribution in [0.3, 0.4) is 0 Å². The Labute approximate surface area is 180 Å². The third-order valence-corrected chi connectivity index (χ3v) is 5.77. The number of methoxy groups -OCH3 is 1. The van der Waals surface area contributed by atoms with Crippen molar-refractivity contribution in [3.05, 3.63) is 26.3 Å².